The van der Waals surface area contributed by atoms with E-state index in [4.69, 9.17) is 9.97 Å². The van der Waals surface area contributed by atoms with Crippen LogP contribution in [-0.4, -0.2) is 9.97 Å². The maximum absolute atomic E-state index is 5.33. The third kappa shape index (κ3) is 3.54. The highest BCUT2D eigenvalue weighted by Gasteiger charge is 2.17. The van der Waals surface area contributed by atoms with Crippen molar-refractivity contribution in [1.29, 1.82) is 0 Å². The van der Waals surface area contributed by atoms with E-state index in [0.29, 0.717) is 0 Å². The zero-order chi connectivity index (χ0) is 26.1. The number of fused-ring (bicyclic) bond motifs is 9. The van der Waals surface area contributed by atoms with Gasteiger partial charge in [0.25, 0.3) is 0 Å². The molecule has 1 aliphatic rings. The molecule has 2 heterocycles. The number of aromatic nitrogens is 2. The average Bonchev–Trinajstić information content (AvgIpc) is 3.35. The van der Waals surface area contributed by atoms with Crippen LogP contribution >= 0.6 is 11.3 Å². The SMILES string of the molecule is Cc1ccc2c3ccc(C)cc3c3nc(-c4ccccc4-c4ccc5sc6c(c5c4)C=CCC6)cnc3c2c1. The van der Waals surface area contributed by atoms with Crippen LogP contribution < -0.4 is 0 Å². The zero-order valence-electron chi connectivity index (χ0n) is 22.0. The third-order valence-corrected chi connectivity index (χ3v) is 9.31. The van der Waals surface area contributed by atoms with E-state index < -0.39 is 0 Å². The summed E-state index contributed by atoms with van der Waals surface area (Å²) in [6, 6.07) is 28.8. The smallest absolute Gasteiger partial charge is 0.0979 e. The lowest BCUT2D eigenvalue weighted by Gasteiger charge is -2.14. The molecule has 0 aliphatic heterocycles. The second-order valence-electron chi connectivity index (χ2n) is 10.7. The highest BCUT2D eigenvalue weighted by molar-refractivity contribution is 7.19. The molecule has 39 heavy (non-hydrogen) atoms. The molecule has 0 spiro atoms. The van der Waals surface area contributed by atoms with Gasteiger partial charge >= 0.3 is 0 Å². The van der Waals surface area contributed by atoms with Crippen molar-refractivity contribution in [3.05, 3.63) is 113 Å². The molecule has 3 heteroatoms. The van der Waals surface area contributed by atoms with Gasteiger partial charge in [0.15, 0.2) is 0 Å². The lowest BCUT2D eigenvalue weighted by Crippen LogP contribution is -1.94. The van der Waals surface area contributed by atoms with Crippen LogP contribution in [0.1, 0.15) is 28.0 Å². The minimum absolute atomic E-state index is 0.903. The monoisotopic (exact) mass is 518 g/mol. The van der Waals surface area contributed by atoms with Gasteiger partial charge in [0.1, 0.15) is 0 Å². The number of thiophene rings is 1. The minimum Gasteiger partial charge on any atom is -0.252 e. The van der Waals surface area contributed by atoms with Gasteiger partial charge in [-0.25, -0.2) is 4.98 Å². The highest BCUT2D eigenvalue weighted by Crippen LogP contribution is 2.40. The van der Waals surface area contributed by atoms with E-state index in [-0.39, 0.29) is 0 Å². The Labute approximate surface area is 231 Å². The summed E-state index contributed by atoms with van der Waals surface area (Å²) in [6.07, 6.45) is 8.85. The van der Waals surface area contributed by atoms with Crippen molar-refractivity contribution >= 4 is 60.1 Å². The van der Waals surface area contributed by atoms with Gasteiger partial charge in [-0.3, -0.25) is 4.98 Å². The highest BCUT2D eigenvalue weighted by atomic mass is 32.1. The van der Waals surface area contributed by atoms with Gasteiger partial charge in [0, 0.05) is 31.3 Å². The lowest BCUT2D eigenvalue weighted by molar-refractivity contribution is 1.02. The molecule has 2 aromatic heterocycles. The van der Waals surface area contributed by atoms with E-state index in [0.717, 1.165) is 45.9 Å². The number of rotatable bonds is 2. The van der Waals surface area contributed by atoms with E-state index in [9.17, 15) is 0 Å². The topological polar surface area (TPSA) is 25.8 Å². The minimum atomic E-state index is 0.903. The number of hydrogen-bond donors (Lipinski definition) is 0. The van der Waals surface area contributed by atoms with Gasteiger partial charge in [-0.05, 0) is 78.4 Å². The molecule has 0 radical (unpaired) electrons. The fourth-order valence-electron chi connectivity index (χ4n) is 6.16. The fraction of sp³-hybridized carbons (Fsp3) is 0.111. The first-order valence-corrected chi connectivity index (χ1v) is 14.4. The van der Waals surface area contributed by atoms with Crippen molar-refractivity contribution in [1.82, 2.24) is 9.97 Å². The van der Waals surface area contributed by atoms with Gasteiger partial charge in [0.05, 0.1) is 22.9 Å². The van der Waals surface area contributed by atoms with Gasteiger partial charge in [-0.15, -0.1) is 11.3 Å². The molecule has 0 unspecified atom stereocenters. The van der Waals surface area contributed by atoms with Crippen molar-refractivity contribution in [2.75, 3.05) is 0 Å². The Balaban J connectivity index is 1.37. The van der Waals surface area contributed by atoms with Crippen LogP contribution in [0, 0.1) is 13.8 Å². The van der Waals surface area contributed by atoms with Crippen molar-refractivity contribution in [2.45, 2.75) is 26.7 Å². The Morgan fingerprint density at radius 3 is 2.23 bits per heavy atom. The van der Waals surface area contributed by atoms with Crippen LogP contribution in [0.3, 0.4) is 0 Å². The average molecular weight is 519 g/mol. The molecule has 0 bridgehead atoms. The summed E-state index contributed by atoms with van der Waals surface area (Å²) in [4.78, 5) is 11.9. The number of benzene rings is 5. The predicted octanol–water partition coefficient (Wildman–Crippen LogP) is 10.1. The number of hydrogen-bond acceptors (Lipinski definition) is 3. The first-order valence-electron chi connectivity index (χ1n) is 13.6. The van der Waals surface area contributed by atoms with Crippen LogP contribution in [0.2, 0.25) is 0 Å². The summed E-state index contributed by atoms with van der Waals surface area (Å²) >= 11 is 1.94. The van der Waals surface area contributed by atoms with Crippen molar-refractivity contribution in [3.8, 4) is 22.4 Å². The Hall–Kier alpha value is -4.34. The molecule has 2 nitrogen and oxygen atoms in total. The molecule has 0 saturated heterocycles. The first kappa shape index (κ1) is 22.6. The standard InChI is InChI=1S/C36H26N2S/c1-21-11-14-25-26-15-12-22(2)18-31(26)36-35(30(25)17-21)37-20-32(38-36)27-8-4-3-7-24(27)23-13-16-34-29(19-23)28-9-5-6-10-33(28)39-34/h3-5,7-9,11-20H,6,10H2,1-2H3. The molecular formula is C36H26N2S. The fourth-order valence-corrected chi connectivity index (χ4v) is 7.35. The molecule has 0 saturated carbocycles. The molecule has 0 atom stereocenters. The van der Waals surface area contributed by atoms with Crippen LogP contribution in [0.5, 0.6) is 0 Å². The molecule has 1 aliphatic carbocycles. The molecule has 0 N–H and O–H groups in total. The summed E-state index contributed by atoms with van der Waals surface area (Å²) < 4.78 is 1.36. The summed E-state index contributed by atoms with van der Waals surface area (Å²) in [6.45, 7) is 4.28. The number of nitrogens with zero attached hydrogens (tertiary/aromatic N) is 2. The van der Waals surface area contributed by atoms with Crippen molar-refractivity contribution in [3.63, 3.8) is 0 Å². The normalized spacial score (nSPS) is 13.1. The number of aryl methyl sites for hydroxylation is 3. The van der Waals surface area contributed by atoms with Crippen LogP contribution in [-0.2, 0) is 6.42 Å². The van der Waals surface area contributed by atoms with Gasteiger partial charge in [0.2, 0.25) is 0 Å². The number of allylic oxidation sites excluding steroid dienone is 1. The van der Waals surface area contributed by atoms with Crippen molar-refractivity contribution in [2.24, 2.45) is 0 Å². The van der Waals surface area contributed by atoms with Gasteiger partial charge in [-0.2, -0.15) is 0 Å². The maximum Gasteiger partial charge on any atom is 0.0979 e. The Morgan fingerprint density at radius 1 is 0.692 bits per heavy atom. The van der Waals surface area contributed by atoms with Crippen molar-refractivity contribution < 1.29 is 0 Å². The molecule has 8 rings (SSSR count). The van der Waals surface area contributed by atoms with E-state index in [1.165, 1.54) is 53.6 Å². The van der Waals surface area contributed by atoms with E-state index in [2.05, 4.69) is 105 Å². The largest absolute Gasteiger partial charge is 0.252 e. The maximum atomic E-state index is 5.33. The Morgan fingerprint density at radius 2 is 1.44 bits per heavy atom. The molecule has 186 valence electrons. The second kappa shape index (κ2) is 8.59. The van der Waals surface area contributed by atoms with Crippen LogP contribution in [0.15, 0.2) is 91.1 Å². The summed E-state index contributed by atoms with van der Waals surface area (Å²) in [5, 5.41) is 6.13. The summed E-state index contributed by atoms with van der Waals surface area (Å²) in [7, 11) is 0. The molecular weight excluding hydrogens is 492 g/mol. The second-order valence-corrected chi connectivity index (χ2v) is 11.8. The lowest BCUT2D eigenvalue weighted by atomic mass is 9.94. The van der Waals surface area contributed by atoms with Crippen LogP contribution in [0.25, 0.3) is 71.1 Å². The van der Waals surface area contributed by atoms with E-state index >= 15 is 0 Å². The Kier molecular flexibility index (Phi) is 4.98. The zero-order valence-corrected chi connectivity index (χ0v) is 22.8. The first-order chi connectivity index (χ1) is 19.1. The molecule has 5 aromatic carbocycles. The van der Waals surface area contributed by atoms with Gasteiger partial charge < -0.3 is 0 Å². The molecule has 7 aromatic rings. The Bertz CT molecular complexity index is 2150. The van der Waals surface area contributed by atoms with Gasteiger partial charge in [-0.1, -0.05) is 77.9 Å². The summed E-state index contributed by atoms with van der Waals surface area (Å²) in [5.41, 5.74) is 10.2. The quantitative estimate of drug-likeness (QED) is 0.213. The van der Waals surface area contributed by atoms with Crippen LogP contribution in [0.4, 0.5) is 0 Å². The van der Waals surface area contributed by atoms with E-state index in [1.54, 1.807) is 0 Å². The molecule has 0 fully saturated rings. The third-order valence-electron chi connectivity index (χ3n) is 8.06. The predicted molar refractivity (Wildman–Crippen MR) is 168 cm³/mol. The molecule has 0 amide bonds. The summed E-state index contributed by atoms with van der Waals surface area (Å²) in [5.74, 6) is 0. The van der Waals surface area contributed by atoms with E-state index in [1.807, 2.05) is 17.5 Å².